The van der Waals surface area contributed by atoms with E-state index >= 15 is 0 Å². The maximum absolute atomic E-state index is 12.5. The predicted molar refractivity (Wildman–Crippen MR) is 167 cm³/mol. The lowest BCUT2D eigenvalue weighted by Crippen LogP contribution is -2.81. The molecule has 0 spiro atoms. The molecule has 2 bridgehead atoms. The van der Waals surface area contributed by atoms with Crippen molar-refractivity contribution in [2.24, 2.45) is 17.8 Å². The first-order chi connectivity index (χ1) is 22.6. The van der Waals surface area contributed by atoms with Gasteiger partial charge in [-0.2, -0.15) is 0 Å². The molecule has 47 heavy (non-hydrogen) atoms. The summed E-state index contributed by atoms with van der Waals surface area (Å²) >= 11 is 0. The quantitative estimate of drug-likeness (QED) is 0.0910. The van der Waals surface area contributed by atoms with Gasteiger partial charge in [0.1, 0.15) is 24.4 Å². The molecule has 3 aliphatic carbocycles. The minimum absolute atomic E-state index is 0.00192. The summed E-state index contributed by atoms with van der Waals surface area (Å²) in [4.78, 5) is 12.4. The summed E-state index contributed by atoms with van der Waals surface area (Å²) in [7, 11) is 0. The number of hydrogen-bond acceptors (Lipinski definition) is 13. The van der Waals surface area contributed by atoms with E-state index in [1.165, 1.54) is 25.2 Å². The largest absolute Gasteiger partial charge is 0.485 e. The van der Waals surface area contributed by atoms with Crippen molar-refractivity contribution in [3.05, 3.63) is 36.1 Å². The standard InChI is InChI=1S/C34H47NO12/c1-2-43-26(39)10-8-19-15-20-11-13-44-28(20)30(45-14-12-35-22-5-3-4-6-22)29(19)47-32-34(42)27-21(7-9-24(38)23(27)17-36)16-33(41,31(34)40)25(18-37)46-32/h7,9,11,13,15,21-25,27,31-32,35-38,40-42H,2-6,8,10,12,14,16-18H2,1H3. The molecule has 9 unspecified atom stereocenters. The summed E-state index contributed by atoms with van der Waals surface area (Å²) < 4.78 is 29.9. The summed E-state index contributed by atoms with van der Waals surface area (Å²) in [5.41, 5.74) is -3.59. The summed E-state index contributed by atoms with van der Waals surface area (Å²) in [6.07, 6.45) is 3.14. The van der Waals surface area contributed by atoms with Gasteiger partial charge < -0.3 is 59.3 Å². The number of aryl methyl sites for hydroxylation is 1. The van der Waals surface area contributed by atoms with Crippen LogP contribution in [0.1, 0.15) is 51.0 Å². The third-order valence-electron chi connectivity index (χ3n) is 10.5. The maximum atomic E-state index is 12.5. The highest BCUT2D eigenvalue weighted by Crippen LogP contribution is 2.56. The predicted octanol–water partition coefficient (Wildman–Crippen LogP) is 0.934. The molecule has 3 fully saturated rings. The van der Waals surface area contributed by atoms with Crippen LogP contribution in [0.25, 0.3) is 11.0 Å². The van der Waals surface area contributed by atoms with Crippen LogP contribution in [-0.2, 0) is 20.7 Å². The first-order valence-electron chi connectivity index (χ1n) is 16.7. The lowest BCUT2D eigenvalue weighted by molar-refractivity contribution is -0.391. The van der Waals surface area contributed by atoms with E-state index in [2.05, 4.69) is 5.32 Å². The van der Waals surface area contributed by atoms with Crippen LogP contribution in [0.15, 0.2) is 35.0 Å². The van der Waals surface area contributed by atoms with E-state index in [0.717, 1.165) is 12.8 Å². The lowest BCUT2D eigenvalue weighted by atomic mass is 9.53. The highest BCUT2D eigenvalue weighted by molar-refractivity contribution is 5.87. The molecule has 4 aliphatic rings. The minimum atomic E-state index is -2.37. The molecule has 0 radical (unpaired) electrons. The van der Waals surface area contributed by atoms with Gasteiger partial charge in [0.2, 0.25) is 12.0 Å². The average molecular weight is 662 g/mol. The monoisotopic (exact) mass is 661 g/mol. The van der Waals surface area contributed by atoms with Gasteiger partial charge in [-0.25, -0.2) is 0 Å². The molecule has 2 saturated carbocycles. The zero-order valence-electron chi connectivity index (χ0n) is 26.6. The van der Waals surface area contributed by atoms with E-state index in [-0.39, 0.29) is 44.0 Å². The fourth-order valence-corrected chi connectivity index (χ4v) is 8.20. The van der Waals surface area contributed by atoms with Gasteiger partial charge in [0, 0.05) is 42.8 Å². The zero-order chi connectivity index (χ0) is 33.3. The van der Waals surface area contributed by atoms with E-state index in [0.29, 0.717) is 29.1 Å². The molecular formula is C34H47NO12. The van der Waals surface area contributed by atoms with Gasteiger partial charge in [-0.3, -0.25) is 4.79 Å². The number of fused-ring (bicyclic) bond motifs is 5. The van der Waals surface area contributed by atoms with Gasteiger partial charge in [0.05, 0.1) is 25.6 Å². The van der Waals surface area contributed by atoms with E-state index < -0.39 is 72.7 Å². The number of furan rings is 1. The van der Waals surface area contributed by atoms with Crippen molar-refractivity contribution < 1.29 is 58.8 Å². The average Bonchev–Trinajstić information content (AvgIpc) is 3.75. The molecule has 6 rings (SSSR count). The van der Waals surface area contributed by atoms with Crippen LogP contribution in [0, 0.1) is 17.8 Å². The maximum Gasteiger partial charge on any atom is 0.306 e. The van der Waals surface area contributed by atoms with Crippen LogP contribution in [0.2, 0.25) is 0 Å². The number of ether oxygens (including phenoxy) is 4. The molecule has 1 saturated heterocycles. The smallest absolute Gasteiger partial charge is 0.306 e. The highest BCUT2D eigenvalue weighted by Gasteiger charge is 2.72. The van der Waals surface area contributed by atoms with Gasteiger partial charge in [-0.1, -0.05) is 25.0 Å². The number of nitrogens with one attached hydrogen (secondary N) is 1. The second-order valence-electron chi connectivity index (χ2n) is 13.3. The van der Waals surface area contributed by atoms with Gasteiger partial charge in [-0.05, 0) is 56.2 Å². The molecular weight excluding hydrogens is 614 g/mol. The number of esters is 1. The minimum Gasteiger partial charge on any atom is -0.485 e. The van der Waals surface area contributed by atoms with Crippen molar-refractivity contribution in [3.8, 4) is 11.5 Å². The molecule has 2 aromatic rings. The van der Waals surface area contributed by atoms with Crippen LogP contribution in [0.3, 0.4) is 0 Å². The zero-order valence-corrected chi connectivity index (χ0v) is 26.6. The molecule has 260 valence electrons. The second-order valence-corrected chi connectivity index (χ2v) is 13.3. The molecule has 1 aromatic heterocycles. The van der Waals surface area contributed by atoms with Crippen LogP contribution >= 0.6 is 0 Å². The topological polar surface area (TPSA) is 201 Å². The summed E-state index contributed by atoms with van der Waals surface area (Å²) in [5, 5.41) is 71.5. The normalized spacial score (nSPS) is 35.2. The summed E-state index contributed by atoms with van der Waals surface area (Å²) in [5.74, 6) is -2.69. The molecule has 7 N–H and O–H groups in total. The molecule has 2 heterocycles. The Morgan fingerprint density at radius 2 is 1.89 bits per heavy atom. The highest BCUT2D eigenvalue weighted by atomic mass is 16.7. The van der Waals surface area contributed by atoms with Crippen LogP contribution in [-0.4, -0.2) is 111 Å². The van der Waals surface area contributed by atoms with E-state index in [1.807, 2.05) is 0 Å². The Labute approximate surface area is 273 Å². The molecule has 13 heteroatoms. The van der Waals surface area contributed by atoms with Crippen LogP contribution in [0.4, 0.5) is 0 Å². The summed E-state index contributed by atoms with van der Waals surface area (Å²) in [6.45, 7) is 1.48. The fraction of sp³-hybridized carbons (Fsp3) is 0.676. The van der Waals surface area contributed by atoms with Gasteiger partial charge in [-0.15, -0.1) is 0 Å². The van der Waals surface area contributed by atoms with E-state index in [4.69, 9.17) is 23.4 Å². The Bertz CT molecular complexity index is 1420. The van der Waals surface area contributed by atoms with Crippen molar-refractivity contribution in [1.82, 2.24) is 5.32 Å². The van der Waals surface area contributed by atoms with Crippen molar-refractivity contribution in [2.45, 2.75) is 93.7 Å². The fourth-order valence-electron chi connectivity index (χ4n) is 8.20. The Morgan fingerprint density at radius 3 is 2.62 bits per heavy atom. The van der Waals surface area contributed by atoms with Gasteiger partial charge >= 0.3 is 5.97 Å². The number of benzene rings is 1. The number of carbonyl (C=O) groups is 1. The van der Waals surface area contributed by atoms with Gasteiger partial charge in [0.15, 0.2) is 16.9 Å². The molecule has 9 atom stereocenters. The SMILES string of the molecule is CCOC(=O)CCc1cc2ccoc2c(OCCNC2CCCC2)c1OC1OC(CO)C2(O)CC3C=CC(O)C(CO)C3C1(O)C2O. The Kier molecular flexibility index (Phi) is 10.2. The first-order valence-corrected chi connectivity index (χ1v) is 16.7. The lowest BCUT2D eigenvalue weighted by Gasteiger charge is -2.63. The number of hydrogen-bond donors (Lipinski definition) is 7. The number of aliphatic hydroxyl groups is 6. The number of rotatable bonds is 13. The van der Waals surface area contributed by atoms with Crippen LogP contribution < -0.4 is 14.8 Å². The third-order valence-corrected chi connectivity index (χ3v) is 10.5. The summed E-state index contributed by atoms with van der Waals surface area (Å²) in [6, 6.07) is 3.93. The number of allylic oxidation sites excluding steroid dienone is 1. The van der Waals surface area contributed by atoms with Crippen molar-refractivity contribution >= 4 is 16.9 Å². The molecule has 13 nitrogen and oxygen atoms in total. The Balaban J connectivity index is 1.40. The molecule has 0 amide bonds. The molecule has 1 aromatic carbocycles. The molecule has 1 aliphatic heterocycles. The van der Waals surface area contributed by atoms with Crippen molar-refractivity contribution in [1.29, 1.82) is 0 Å². The Hall–Kier alpha value is -2.75. The van der Waals surface area contributed by atoms with Crippen molar-refractivity contribution in [3.63, 3.8) is 0 Å². The van der Waals surface area contributed by atoms with E-state index in [1.54, 1.807) is 25.1 Å². The number of aliphatic hydroxyl groups excluding tert-OH is 4. The van der Waals surface area contributed by atoms with Gasteiger partial charge in [0.25, 0.3) is 0 Å². The third kappa shape index (κ3) is 6.17. The van der Waals surface area contributed by atoms with Crippen molar-refractivity contribution in [2.75, 3.05) is 33.0 Å². The second kappa shape index (κ2) is 14.0. The first kappa shape index (κ1) is 34.1. The Morgan fingerprint density at radius 1 is 1.11 bits per heavy atom. The van der Waals surface area contributed by atoms with Crippen LogP contribution in [0.5, 0.6) is 11.5 Å². The van der Waals surface area contributed by atoms with E-state index in [9.17, 15) is 35.4 Å². The number of carbonyl (C=O) groups excluding carboxylic acids is 1.